The van der Waals surface area contributed by atoms with E-state index in [0.717, 1.165) is 26.2 Å². The van der Waals surface area contributed by atoms with Gasteiger partial charge in [0.05, 0.1) is 0 Å². The lowest BCUT2D eigenvalue weighted by Crippen LogP contribution is -2.49. The molecular weight excluding hydrogens is 248 g/mol. The molecule has 0 bridgehead atoms. The Labute approximate surface area is 113 Å². The average Bonchev–Trinajstić information content (AvgIpc) is 2.38. The number of hydrogen-bond acceptors (Lipinski definition) is 2. The van der Waals surface area contributed by atoms with E-state index in [0.29, 0.717) is 0 Å². The molecule has 1 aromatic carbocycles. The maximum atomic E-state index is 11.5. The Kier molecular flexibility index (Phi) is 4.12. The van der Waals surface area contributed by atoms with Crippen LogP contribution < -0.4 is 4.90 Å². The van der Waals surface area contributed by atoms with Gasteiger partial charge in [-0.05, 0) is 25.5 Å². The van der Waals surface area contributed by atoms with Gasteiger partial charge >= 0.3 is 0 Å². The van der Waals surface area contributed by atoms with Crippen LogP contribution in [0.2, 0.25) is 0 Å². The van der Waals surface area contributed by atoms with Gasteiger partial charge in [-0.3, -0.25) is 4.79 Å². The van der Waals surface area contributed by atoms with E-state index in [1.807, 2.05) is 4.90 Å². The number of nitrogens with zero attached hydrogens (tertiary/aromatic N) is 2. The van der Waals surface area contributed by atoms with Crippen molar-refractivity contribution in [3.63, 3.8) is 0 Å². The van der Waals surface area contributed by atoms with Crippen molar-refractivity contribution in [2.45, 2.75) is 13.8 Å². The molecule has 1 saturated heterocycles. The maximum absolute atomic E-state index is 11.5. The van der Waals surface area contributed by atoms with Crippen LogP contribution in [0.5, 0.6) is 0 Å². The third-order valence-corrected chi connectivity index (χ3v) is 3.67. The van der Waals surface area contributed by atoms with E-state index in [-0.39, 0.29) is 11.8 Å². The Bertz CT molecular complexity index is 439. The number of carbonyl (C=O) groups is 1. The molecule has 0 unspecified atom stereocenters. The van der Waals surface area contributed by atoms with E-state index in [9.17, 15) is 4.79 Å². The van der Waals surface area contributed by atoms with Gasteiger partial charge in [-0.15, -0.1) is 11.6 Å². The first-order valence-electron chi connectivity index (χ1n) is 6.28. The zero-order valence-corrected chi connectivity index (χ0v) is 11.7. The molecule has 4 heteroatoms. The van der Waals surface area contributed by atoms with E-state index in [1.165, 1.54) is 16.8 Å². The second kappa shape index (κ2) is 5.61. The molecule has 1 aliphatic rings. The number of rotatable bonds is 2. The molecular formula is C14H19ClN2O. The summed E-state index contributed by atoms with van der Waals surface area (Å²) in [5.74, 6) is 0.126. The highest BCUT2D eigenvalue weighted by Crippen LogP contribution is 2.22. The number of amides is 1. The molecule has 18 heavy (non-hydrogen) atoms. The molecule has 0 aliphatic carbocycles. The Morgan fingerprint density at radius 1 is 1.22 bits per heavy atom. The summed E-state index contributed by atoms with van der Waals surface area (Å²) in [7, 11) is 0. The number of alkyl halides is 1. The van der Waals surface area contributed by atoms with E-state index in [1.54, 1.807) is 0 Å². The van der Waals surface area contributed by atoms with E-state index >= 15 is 0 Å². The summed E-state index contributed by atoms with van der Waals surface area (Å²) in [6, 6.07) is 6.51. The topological polar surface area (TPSA) is 23.6 Å². The van der Waals surface area contributed by atoms with Gasteiger partial charge in [0, 0.05) is 31.9 Å². The van der Waals surface area contributed by atoms with Gasteiger partial charge in [0.1, 0.15) is 5.88 Å². The smallest absolute Gasteiger partial charge is 0.237 e. The van der Waals surface area contributed by atoms with Crippen LogP contribution >= 0.6 is 11.6 Å². The van der Waals surface area contributed by atoms with E-state index in [4.69, 9.17) is 11.6 Å². The van der Waals surface area contributed by atoms with Gasteiger partial charge in [-0.2, -0.15) is 0 Å². The minimum atomic E-state index is 0.0388. The third kappa shape index (κ3) is 2.78. The van der Waals surface area contributed by atoms with E-state index in [2.05, 4.69) is 36.9 Å². The Hall–Kier alpha value is -1.22. The first-order valence-corrected chi connectivity index (χ1v) is 6.81. The Morgan fingerprint density at radius 2 is 1.89 bits per heavy atom. The summed E-state index contributed by atoms with van der Waals surface area (Å²) in [6.45, 7) is 7.53. The number of anilines is 1. The Balaban J connectivity index is 2.03. The van der Waals surface area contributed by atoms with Crippen LogP contribution in [-0.4, -0.2) is 42.9 Å². The molecule has 0 saturated carbocycles. The summed E-state index contributed by atoms with van der Waals surface area (Å²) in [6.07, 6.45) is 0. The van der Waals surface area contributed by atoms with Crippen molar-refractivity contribution in [2.75, 3.05) is 37.0 Å². The molecule has 2 rings (SSSR count). The molecule has 1 heterocycles. The first-order chi connectivity index (χ1) is 8.61. The predicted octanol–water partition coefficient (Wildman–Crippen LogP) is 2.19. The molecule has 1 aromatic rings. The predicted molar refractivity (Wildman–Crippen MR) is 75.4 cm³/mol. The fourth-order valence-electron chi connectivity index (χ4n) is 2.44. The molecule has 1 aliphatic heterocycles. The van der Waals surface area contributed by atoms with Crippen LogP contribution in [0, 0.1) is 13.8 Å². The van der Waals surface area contributed by atoms with Crippen LogP contribution in [0.15, 0.2) is 18.2 Å². The SMILES string of the molecule is Cc1ccc(N2CCN(C(=O)CCl)CC2)c(C)c1. The zero-order valence-electron chi connectivity index (χ0n) is 10.9. The minimum Gasteiger partial charge on any atom is -0.368 e. The standard InChI is InChI=1S/C14H19ClN2O/c1-11-3-4-13(12(2)9-11)16-5-7-17(8-6-16)14(18)10-15/h3-4,9H,5-8,10H2,1-2H3. The van der Waals surface area contributed by atoms with Crippen LogP contribution in [0.4, 0.5) is 5.69 Å². The molecule has 0 radical (unpaired) electrons. The third-order valence-electron chi connectivity index (χ3n) is 3.44. The minimum absolute atomic E-state index is 0.0388. The van der Waals surface area contributed by atoms with Gasteiger partial charge in [0.2, 0.25) is 5.91 Å². The normalized spacial score (nSPS) is 15.9. The van der Waals surface area contributed by atoms with Crippen LogP contribution in [0.25, 0.3) is 0 Å². The Morgan fingerprint density at radius 3 is 2.44 bits per heavy atom. The van der Waals surface area contributed by atoms with Crippen LogP contribution in [0.1, 0.15) is 11.1 Å². The number of halogens is 1. The number of aryl methyl sites for hydroxylation is 2. The van der Waals surface area contributed by atoms with Crippen molar-refractivity contribution in [1.82, 2.24) is 4.90 Å². The zero-order chi connectivity index (χ0) is 13.1. The second-order valence-corrected chi connectivity index (χ2v) is 5.06. The number of piperazine rings is 1. The average molecular weight is 267 g/mol. The van der Waals surface area contributed by atoms with Gasteiger partial charge in [-0.1, -0.05) is 17.7 Å². The molecule has 98 valence electrons. The summed E-state index contributed by atoms with van der Waals surface area (Å²) >= 11 is 5.58. The summed E-state index contributed by atoms with van der Waals surface area (Å²) in [4.78, 5) is 15.7. The van der Waals surface area contributed by atoms with Gasteiger partial charge in [0.25, 0.3) is 0 Å². The largest absolute Gasteiger partial charge is 0.368 e. The molecule has 0 atom stereocenters. The molecule has 1 fully saturated rings. The molecule has 1 amide bonds. The quantitative estimate of drug-likeness (QED) is 0.766. The molecule has 3 nitrogen and oxygen atoms in total. The maximum Gasteiger partial charge on any atom is 0.237 e. The van der Waals surface area contributed by atoms with Crippen molar-refractivity contribution >= 4 is 23.2 Å². The summed E-state index contributed by atoms with van der Waals surface area (Å²) in [5.41, 5.74) is 3.86. The first kappa shape index (κ1) is 13.2. The van der Waals surface area contributed by atoms with Gasteiger partial charge < -0.3 is 9.80 Å². The highest BCUT2D eigenvalue weighted by Gasteiger charge is 2.21. The van der Waals surface area contributed by atoms with Gasteiger partial charge in [0.15, 0.2) is 0 Å². The van der Waals surface area contributed by atoms with Crippen molar-refractivity contribution in [1.29, 1.82) is 0 Å². The molecule has 0 N–H and O–H groups in total. The fraction of sp³-hybridized carbons (Fsp3) is 0.500. The fourth-order valence-corrected chi connectivity index (χ4v) is 2.61. The van der Waals surface area contributed by atoms with Crippen LogP contribution in [-0.2, 0) is 4.79 Å². The lowest BCUT2D eigenvalue weighted by atomic mass is 10.1. The monoisotopic (exact) mass is 266 g/mol. The molecule has 0 spiro atoms. The van der Waals surface area contributed by atoms with E-state index < -0.39 is 0 Å². The van der Waals surface area contributed by atoms with Crippen molar-refractivity contribution in [3.05, 3.63) is 29.3 Å². The summed E-state index contributed by atoms with van der Waals surface area (Å²) in [5, 5.41) is 0. The number of carbonyl (C=O) groups excluding carboxylic acids is 1. The van der Waals surface area contributed by atoms with Crippen molar-refractivity contribution in [3.8, 4) is 0 Å². The van der Waals surface area contributed by atoms with Crippen LogP contribution in [0.3, 0.4) is 0 Å². The second-order valence-electron chi connectivity index (χ2n) is 4.79. The lowest BCUT2D eigenvalue weighted by Gasteiger charge is -2.36. The number of benzene rings is 1. The molecule has 0 aromatic heterocycles. The lowest BCUT2D eigenvalue weighted by molar-refractivity contribution is -0.128. The van der Waals surface area contributed by atoms with Crippen molar-refractivity contribution < 1.29 is 4.79 Å². The summed E-state index contributed by atoms with van der Waals surface area (Å²) < 4.78 is 0. The highest BCUT2D eigenvalue weighted by molar-refractivity contribution is 6.27. The highest BCUT2D eigenvalue weighted by atomic mass is 35.5. The van der Waals surface area contributed by atoms with Gasteiger partial charge in [-0.25, -0.2) is 0 Å². The van der Waals surface area contributed by atoms with Crippen molar-refractivity contribution in [2.24, 2.45) is 0 Å². The number of hydrogen-bond donors (Lipinski definition) is 0.